The number of halogens is 1. The number of nitrogens with one attached hydrogen (secondary N) is 1. The Balaban J connectivity index is 1.64. The summed E-state index contributed by atoms with van der Waals surface area (Å²) in [5.41, 5.74) is 2.15. The van der Waals surface area contributed by atoms with E-state index in [1.807, 2.05) is 22.6 Å². The molecule has 0 amide bonds. The van der Waals surface area contributed by atoms with Gasteiger partial charge < -0.3 is 18.6 Å². The second-order valence-corrected chi connectivity index (χ2v) is 8.10. The molecular weight excluding hydrogens is 431 g/mol. The molecule has 0 aliphatic rings. The first-order valence-corrected chi connectivity index (χ1v) is 10.5. The van der Waals surface area contributed by atoms with Crippen molar-refractivity contribution < 1.29 is 18.5 Å². The first-order chi connectivity index (χ1) is 14.6. The molecule has 0 spiro atoms. The molecule has 1 aromatic carbocycles. The van der Waals surface area contributed by atoms with E-state index in [1.165, 1.54) is 18.5 Å². The fraction of sp³-hybridized carbons (Fsp3) is 0.111. The average Bonchev–Trinajstić information content (AvgIpc) is 3.41. The van der Waals surface area contributed by atoms with E-state index in [1.54, 1.807) is 24.5 Å². The number of hydrogen-bond acceptors (Lipinski definition) is 9. The molecule has 4 aromatic rings. The van der Waals surface area contributed by atoms with E-state index in [2.05, 4.69) is 19.1 Å². The van der Waals surface area contributed by atoms with Gasteiger partial charge in [0, 0.05) is 36.4 Å². The van der Waals surface area contributed by atoms with Crippen molar-refractivity contribution in [2.24, 2.45) is 0 Å². The van der Waals surface area contributed by atoms with Crippen LogP contribution in [0.2, 0.25) is 0 Å². The summed E-state index contributed by atoms with van der Waals surface area (Å²) in [5.74, 6) is -0.639. The van der Waals surface area contributed by atoms with Crippen LogP contribution in [0.4, 0.5) is 15.2 Å². The molecular formula is C18H15FN6O3S2. The minimum atomic E-state index is -1.95. The smallest absolute Gasteiger partial charge is 0.298 e. The lowest BCUT2D eigenvalue weighted by molar-refractivity contribution is -0.120. The van der Waals surface area contributed by atoms with Crippen molar-refractivity contribution in [1.29, 1.82) is 0 Å². The van der Waals surface area contributed by atoms with E-state index < -0.39 is 17.2 Å². The van der Waals surface area contributed by atoms with Crippen molar-refractivity contribution in [2.75, 3.05) is 16.7 Å². The van der Waals surface area contributed by atoms with Crippen molar-refractivity contribution in [2.45, 2.75) is 11.4 Å². The van der Waals surface area contributed by atoms with Crippen molar-refractivity contribution in [3.05, 3.63) is 60.7 Å². The number of pyridine rings is 1. The maximum atomic E-state index is 14.8. The summed E-state index contributed by atoms with van der Waals surface area (Å²) in [6.45, 7) is 0.625. The van der Waals surface area contributed by atoms with Crippen molar-refractivity contribution >= 4 is 45.7 Å². The number of ether oxygens (including phenoxy) is 1. The summed E-state index contributed by atoms with van der Waals surface area (Å²) in [6, 6.07) is 8.15. The van der Waals surface area contributed by atoms with Gasteiger partial charge in [0.25, 0.3) is 6.47 Å². The van der Waals surface area contributed by atoms with Gasteiger partial charge in [-0.05, 0) is 12.1 Å². The van der Waals surface area contributed by atoms with Gasteiger partial charge in [0.2, 0.25) is 10.0 Å². The van der Waals surface area contributed by atoms with Crippen LogP contribution in [-0.4, -0.2) is 36.8 Å². The Hall–Kier alpha value is -3.22. The van der Waals surface area contributed by atoms with E-state index in [0.717, 1.165) is 22.7 Å². The summed E-state index contributed by atoms with van der Waals surface area (Å²) in [5, 5.41) is 0.278. The lowest BCUT2D eigenvalue weighted by atomic mass is 10.2. The topological polar surface area (TPSA) is 108 Å². The molecule has 3 aromatic heterocycles. The van der Waals surface area contributed by atoms with Gasteiger partial charge in [0.15, 0.2) is 11.6 Å². The van der Waals surface area contributed by atoms with E-state index in [-0.39, 0.29) is 22.2 Å². The highest BCUT2D eigenvalue weighted by Gasteiger charge is 2.24. The Labute approximate surface area is 177 Å². The second-order valence-electron chi connectivity index (χ2n) is 6.14. The zero-order chi connectivity index (χ0) is 21.1. The van der Waals surface area contributed by atoms with Crippen LogP contribution in [0.1, 0.15) is 5.69 Å². The number of imidazole rings is 1. The third-order valence-corrected chi connectivity index (χ3v) is 6.07. The molecule has 0 saturated carbocycles. The summed E-state index contributed by atoms with van der Waals surface area (Å²) in [6.07, 6.45) is 4.72. The highest BCUT2D eigenvalue weighted by Crippen LogP contribution is 2.34. The van der Waals surface area contributed by atoms with Crippen LogP contribution in [-0.2, 0) is 22.7 Å². The fourth-order valence-electron chi connectivity index (χ4n) is 2.93. The molecule has 0 saturated heterocycles. The molecule has 30 heavy (non-hydrogen) atoms. The van der Waals surface area contributed by atoms with Gasteiger partial charge in [0.1, 0.15) is 17.7 Å². The predicted molar refractivity (Wildman–Crippen MR) is 110 cm³/mol. The second kappa shape index (κ2) is 8.65. The molecule has 0 aliphatic heterocycles. The molecule has 1 N–H and O–H groups in total. The Kier molecular flexibility index (Phi) is 5.79. The lowest BCUT2D eigenvalue weighted by Gasteiger charge is -2.23. The lowest BCUT2D eigenvalue weighted by Crippen LogP contribution is -2.21. The molecule has 154 valence electrons. The maximum absolute atomic E-state index is 14.8. The van der Waals surface area contributed by atoms with Crippen LogP contribution < -0.4 is 14.4 Å². The first kappa shape index (κ1) is 20.1. The van der Waals surface area contributed by atoms with Gasteiger partial charge >= 0.3 is 0 Å². The van der Waals surface area contributed by atoms with E-state index in [9.17, 15) is 13.7 Å². The number of nitrogens with zero attached hydrogens (tertiary/aromatic N) is 5. The third-order valence-electron chi connectivity index (χ3n) is 4.27. The number of rotatable bonds is 8. The maximum Gasteiger partial charge on any atom is 0.298 e. The predicted octanol–water partition coefficient (Wildman–Crippen LogP) is 2.63. The SMILES string of the molecule is CN(Cc1cccc2cncn12)c1cc(F)c([S+]([O-])Nc2ncns2)cc1OC=O. The van der Waals surface area contributed by atoms with Gasteiger partial charge in [-0.15, -0.1) is 0 Å². The Morgan fingerprint density at radius 2 is 2.30 bits per heavy atom. The van der Waals surface area contributed by atoms with Gasteiger partial charge in [-0.1, -0.05) is 6.07 Å². The molecule has 9 nitrogen and oxygen atoms in total. The normalized spacial score (nSPS) is 12.0. The van der Waals surface area contributed by atoms with Crippen LogP contribution in [0, 0.1) is 5.82 Å². The molecule has 3 heterocycles. The number of anilines is 2. The van der Waals surface area contributed by atoms with Crippen LogP contribution >= 0.6 is 11.5 Å². The molecule has 0 aliphatic carbocycles. The zero-order valence-corrected chi connectivity index (χ0v) is 17.2. The van der Waals surface area contributed by atoms with Gasteiger partial charge in [-0.2, -0.15) is 9.10 Å². The number of carbonyl (C=O) groups is 1. The summed E-state index contributed by atoms with van der Waals surface area (Å²) in [7, 11) is 1.73. The molecule has 0 radical (unpaired) electrons. The van der Waals surface area contributed by atoms with Gasteiger partial charge in [0.05, 0.1) is 30.3 Å². The van der Waals surface area contributed by atoms with Crippen LogP contribution in [0.25, 0.3) is 5.52 Å². The number of carbonyl (C=O) groups excluding carboxylic acids is 1. The molecule has 0 fully saturated rings. The standard InChI is InChI=1S/C18H15FN6O3S2/c1-24(8-13-4-2-3-12-7-20-10-25(12)13)15-5-14(19)17(6-16(15)28-11-26)30(27)23-18-21-9-22-29-18/h2-7,9-11H,8H2,1H3,(H,21,22,23). The van der Waals surface area contributed by atoms with Crippen LogP contribution in [0.3, 0.4) is 0 Å². The van der Waals surface area contributed by atoms with Crippen molar-refractivity contribution in [3.63, 3.8) is 0 Å². The summed E-state index contributed by atoms with van der Waals surface area (Å²) < 4.78 is 40.6. The average molecular weight is 446 g/mol. The van der Waals surface area contributed by atoms with E-state index in [0.29, 0.717) is 12.2 Å². The Morgan fingerprint density at radius 3 is 3.07 bits per heavy atom. The molecule has 1 unspecified atom stereocenters. The van der Waals surface area contributed by atoms with E-state index in [4.69, 9.17) is 4.74 Å². The molecule has 12 heteroatoms. The van der Waals surface area contributed by atoms with Crippen molar-refractivity contribution in [1.82, 2.24) is 18.7 Å². The molecule has 0 bridgehead atoms. The number of benzene rings is 1. The third kappa shape index (κ3) is 4.06. The fourth-order valence-corrected chi connectivity index (χ4v) is 4.36. The number of fused-ring (bicyclic) bond motifs is 1. The largest absolute Gasteiger partial charge is 0.588 e. The monoisotopic (exact) mass is 446 g/mol. The van der Waals surface area contributed by atoms with Crippen LogP contribution in [0.15, 0.2) is 54.1 Å². The van der Waals surface area contributed by atoms with Gasteiger partial charge in [-0.3, -0.25) is 4.79 Å². The summed E-state index contributed by atoms with van der Waals surface area (Å²) in [4.78, 5) is 20.6. The minimum absolute atomic E-state index is 0.0779. The van der Waals surface area contributed by atoms with Gasteiger partial charge in [-0.25, -0.2) is 14.4 Å². The Bertz CT molecular complexity index is 1170. The van der Waals surface area contributed by atoms with E-state index >= 15 is 0 Å². The molecule has 4 rings (SSSR count). The quantitative estimate of drug-likeness (QED) is 0.325. The highest BCUT2D eigenvalue weighted by molar-refractivity contribution is 7.93. The molecule has 1 atom stereocenters. The zero-order valence-electron chi connectivity index (χ0n) is 15.6. The summed E-state index contributed by atoms with van der Waals surface area (Å²) >= 11 is -0.968. The van der Waals surface area contributed by atoms with Crippen LogP contribution in [0.5, 0.6) is 5.75 Å². The minimum Gasteiger partial charge on any atom is -0.588 e. The van der Waals surface area contributed by atoms with Crippen molar-refractivity contribution in [3.8, 4) is 5.75 Å². The number of aromatic nitrogens is 4. The number of hydrogen-bond donors (Lipinski definition) is 1. The Morgan fingerprint density at radius 1 is 1.43 bits per heavy atom. The first-order valence-electron chi connectivity index (χ1n) is 8.57. The highest BCUT2D eigenvalue weighted by atomic mass is 32.2.